The van der Waals surface area contributed by atoms with Crippen LogP contribution in [0.25, 0.3) is 0 Å². The standard InChI is InChI=1S/C23H20Cl4FNO2/c1-30-22-8-16(12-29-7-6-14-2-4-17(24)9-19(14)25)21(27)11-23(22)31-13-15-3-5-18(28)10-20(15)26/h2-5,8-11,29H,6-7,12-13H2,1H3. The molecule has 8 heteroatoms. The predicted octanol–water partition coefficient (Wildman–Crippen LogP) is 7.36. The summed E-state index contributed by atoms with van der Waals surface area (Å²) in [6, 6.07) is 13.2. The number of hydrogen-bond acceptors (Lipinski definition) is 3. The molecule has 0 radical (unpaired) electrons. The van der Waals surface area contributed by atoms with Gasteiger partial charge in [-0.15, -0.1) is 0 Å². The van der Waals surface area contributed by atoms with Gasteiger partial charge in [0.05, 0.1) is 12.1 Å². The molecule has 0 bridgehead atoms. The van der Waals surface area contributed by atoms with Crippen LogP contribution in [0.1, 0.15) is 16.7 Å². The summed E-state index contributed by atoms with van der Waals surface area (Å²) >= 11 is 24.6. The molecule has 164 valence electrons. The SMILES string of the molecule is COc1cc(CNCCc2ccc(Cl)cc2Cl)c(Cl)cc1OCc1ccc(F)cc1Cl. The van der Waals surface area contributed by atoms with E-state index in [2.05, 4.69) is 5.32 Å². The second kappa shape index (κ2) is 11.3. The molecule has 0 aliphatic rings. The minimum Gasteiger partial charge on any atom is -0.493 e. The lowest BCUT2D eigenvalue weighted by Gasteiger charge is -2.15. The van der Waals surface area contributed by atoms with Crippen molar-refractivity contribution in [2.75, 3.05) is 13.7 Å². The number of benzene rings is 3. The molecular formula is C23H20Cl4FNO2. The summed E-state index contributed by atoms with van der Waals surface area (Å²) in [6.45, 7) is 1.41. The Morgan fingerprint density at radius 1 is 0.806 bits per heavy atom. The molecule has 0 aliphatic heterocycles. The summed E-state index contributed by atoms with van der Waals surface area (Å²) in [5.41, 5.74) is 2.55. The second-order valence-corrected chi connectivity index (χ2v) is 8.44. The normalized spacial score (nSPS) is 10.9. The second-order valence-electron chi connectivity index (χ2n) is 6.78. The van der Waals surface area contributed by atoms with Crippen molar-refractivity contribution in [1.29, 1.82) is 0 Å². The molecule has 1 N–H and O–H groups in total. The van der Waals surface area contributed by atoms with E-state index < -0.39 is 5.82 Å². The largest absolute Gasteiger partial charge is 0.493 e. The number of nitrogens with one attached hydrogen (secondary N) is 1. The maximum atomic E-state index is 13.2. The van der Waals surface area contributed by atoms with Crippen LogP contribution in [0.15, 0.2) is 48.5 Å². The van der Waals surface area contributed by atoms with Crippen molar-refractivity contribution in [3.63, 3.8) is 0 Å². The molecule has 3 rings (SSSR count). The Kier molecular flexibility index (Phi) is 8.70. The highest BCUT2D eigenvalue weighted by Gasteiger charge is 2.12. The van der Waals surface area contributed by atoms with Crippen molar-refractivity contribution in [1.82, 2.24) is 5.32 Å². The quantitative estimate of drug-likeness (QED) is 0.310. The van der Waals surface area contributed by atoms with Crippen LogP contribution in [0.2, 0.25) is 20.1 Å². The van der Waals surface area contributed by atoms with Gasteiger partial charge in [-0.25, -0.2) is 4.39 Å². The van der Waals surface area contributed by atoms with Crippen molar-refractivity contribution in [3.05, 3.63) is 91.1 Å². The first-order valence-corrected chi connectivity index (χ1v) is 11.0. The van der Waals surface area contributed by atoms with Crippen LogP contribution in [0.5, 0.6) is 11.5 Å². The zero-order valence-electron chi connectivity index (χ0n) is 16.7. The van der Waals surface area contributed by atoms with Crippen LogP contribution in [0.4, 0.5) is 4.39 Å². The van der Waals surface area contributed by atoms with Crippen LogP contribution in [0, 0.1) is 5.82 Å². The monoisotopic (exact) mass is 501 g/mol. The van der Waals surface area contributed by atoms with E-state index >= 15 is 0 Å². The first-order valence-electron chi connectivity index (χ1n) is 9.45. The van der Waals surface area contributed by atoms with E-state index in [0.29, 0.717) is 50.2 Å². The fraction of sp³-hybridized carbons (Fsp3) is 0.217. The van der Waals surface area contributed by atoms with Crippen LogP contribution in [-0.2, 0) is 19.6 Å². The van der Waals surface area contributed by atoms with Gasteiger partial charge in [-0.3, -0.25) is 0 Å². The first-order chi connectivity index (χ1) is 14.9. The van der Waals surface area contributed by atoms with Gasteiger partial charge in [0.25, 0.3) is 0 Å². The summed E-state index contributed by atoms with van der Waals surface area (Å²) in [5.74, 6) is 0.620. The Balaban J connectivity index is 1.60. The smallest absolute Gasteiger partial charge is 0.163 e. The molecule has 3 nitrogen and oxygen atoms in total. The van der Waals surface area contributed by atoms with Gasteiger partial charge in [-0.1, -0.05) is 58.5 Å². The van der Waals surface area contributed by atoms with Crippen molar-refractivity contribution in [3.8, 4) is 11.5 Å². The van der Waals surface area contributed by atoms with E-state index in [0.717, 1.165) is 17.5 Å². The Hall–Kier alpha value is -1.69. The third-order valence-corrected chi connectivity index (χ3v) is 5.92. The van der Waals surface area contributed by atoms with E-state index in [9.17, 15) is 4.39 Å². The first kappa shape index (κ1) is 24.0. The highest BCUT2D eigenvalue weighted by Crippen LogP contribution is 2.34. The van der Waals surface area contributed by atoms with Gasteiger partial charge in [-0.2, -0.15) is 0 Å². The molecule has 0 unspecified atom stereocenters. The lowest BCUT2D eigenvalue weighted by atomic mass is 10.1. The van der Waals surface area contributed by atoms with Gasteiger partial charge in [-0.05, 0) is 54.4 Å². The van der Waals surface area contributed by atoms with Crippen molar-refractivity contribution in [2.24, 2.45) is 0 Å². The third kappa shape index (κ3) is 6.64. The minimum atomic E-state index is -0.399. The average molecular weight is 503 g/mol. The number of rotatable bonds is 9. The highest BCUT2D eigenvalue weighted by molar-refractivity contribution is 6.35. The number of methoxy groups -OCH3 is 1. The van der Waals surface area contributed by atoms with Crippen LogP contribution in [-0.4, -0.2) is 13.7 Å². The topological polar surface area (TPSA) is 30.5 Å². The van der Waals surface area contributed by atoms with Crippen molar-refractivity contribution in [2.45, 2.75) is 19.6 Å². The Labute approximate surface area is 201 Å². The van der Waals surface area contributed by atoms with Crippen LogP contribution in [0.3, 0.4) is 0 Å². The molecule has 0 aliphatic carbocycles. The van der Waals surface area contributed by atoms with Gasteiger partial charge >= 0.3 is 0 Å². The maximum absolute atomic E-state index is 13.2. The Morgan fingerprint density at radius 3 is 2.23 bits per heavy atom. The lowest BCUT2D eigenvalue weighted by Crippen LogP contribution is -2.17. The molecule has 0 aromatic heterocycles. The summed E-state index contributed by atoms with van der Waals surface area (Å²) in [6.07, 6.45) is 0.754. The van der Waals surface area contributed by atoms with Gasteiger partial charge in [0, 0.05) is 33.2 Å². The summed E-state index contributed by atoms with van der Waals surface area (Å²) in [4.78, 5) is 0. The highest BCUT2D eigenvalue weighted by atomic mass is 35.5. The third-order valence-electron chi connectivity index (χ3n) is 4.63. The molecular weight excluding hydrogens is 483 g/mol. The van der Waals surface area contributed by atoms with Gasteiger partial charge in [0.2, 0.25) is 0 Å². The molecule has 0 spiro atoms. The maximum Gasteiger partial charge on any atom is 0.163 e. The van der Waals surface area contributed by atoms with Crippen molar-refractivity contribution >= 4 is 46.4 Å². The fourth-order valence-corrected chi connectivity index (χ4v) is 3.90. The molecule has 0 heterocycles. The molecule has 0 saturated carbocycles. The fourth-order valence-electron chi connectivity index (χ4n) is 2.95. The predicted molar refractivity (Wildman–Crippen MR) is 126 cm³/mol. The van der Waals surface area contributed by atoms with Crippen LogP contribution >= 0.6 is 46.4 Å². The zero-order valence-corrected chi connectivity index (χ0v) is 19.7. The number of hydrogen-bond donors (Lipinski definition) is 1. The van der Waals surface area contributed by atoms with E-state index in [-0.39, 0.29) is 6.61 Å². The van der Waals surface area contributed by atoms with Crippen molar-refractivity contribution < 1.29 is 13.9 Å². The molecule has 31 heavy (non-hydrogen) atoms. The lowest BCUT2D eigenvalue weighted by molar-refractivity contribution is 0.284. The Bertz CT molecular complexity index is 1060. The van der Waals surface area contributed by atoms with E-state index in [1.807, 2.05) is 18.2 Å². The number of halogens is 5. The van der Waals surface area contributed by atoms with E-state index in [1.54, 1.807) is 25.3 Å². The summed E-state index contributed by atoms with van der Waals surface area (Å²) in [5, 5.41) is 5.45. The summed E-state index contributed by atoms with van der Waals surface area (Å²) < 4.78 is 24.5. The Morgan fingerprint density at radius 2 is 1.52 bits per heavy atom. The number of ether oxygens (including phenoxy) is 2. The minimum absolute atomic E-state index is 0.158. The van der Waals surface area contributed by atoms with Gasteiger partial charge < -0.3 is 14.8 Å². The molecule has 0 amide bonds. The van der Waals surface area contributed by atoms with E-state index in [1.165, 1.54) is 12.1 Å². The van der Waals surface area contributed by atoms with Gasteiger partial charge in [0.15, 0.2) is 11.5 Å². The zero-order chi connectivity index (χ0) is 22.4. The van der Waals surface area contributed by atoms with Gasteiger partial charge in [0.1, 0.15) is 12.4 Å². The molecule has 3 aromatic rings. The molecule has 0 atom stereocenters. The molecule has 0 fully saturated rings. The molecule has 0 saturated heterocycles. The van der Waals surface area contributed by atoms with E-state index in [4.69, 9.17) is 55.9 Å². The average Bonchev–Trinajstić information content (AvgIpc) is 2.73. The summed E-state index contributed by atoms with van der Waals surface area (Å²) in [7, 11) is 1.56. The van der Waals surface area contributed by atoms with Crippen LogP contribution < -0.4 is 14.8 Å². The molecule has 3 aromatic carbocycles.